The number of carbonyl (C=O) groups excluding carboxylic acids is 1. The molecule has 160 valence electrons. The first-order chi connectivity index (χ1) is 14.7. The summed E-state index contributed by atoms with van der Waals surface area (Å²) in [6, 6.07) is 9.87. The maximum atomic E-state index is 14.3. The molecule has 9 nitrogen and oxygen atoms in total. The fourth-order valence-corrected chi connectivity index (χ4v) is 4.03. The summed E-state index contributed by atoms with van der Waals surface area (Å²) in [6.45, 7) is 1.63. The van der Waals surface area contributed by atoms with Crippen molar-refractivity contribution in [2.75, 3.05) is 16.0 Å². The predicted molar refractivity (Wildman–Crippen MR) is 115 cm³/mol. The van der Waals surface area contributed by atoms with Crippen LogP contribution < -0.4 is 21.1 Å². The molecule has 31 heavy (non-hydrogen) atoms. The molecule has 2 heterocycles. The summed E-state index contributed by atoms with van der Waals surface area (Å²) in [4.78, 5) is 19.5. The molecule has 0 saturated carbocycles. The number of halogens is 1. The summed E-state index contributed by atoms with van der Waals surface area (Å²) in [5.41, 5.74) is 3.16. The number of aromatic nitrogens is 2. The van der Waals surface area contributed by atoms with Gasteiger partial charge in [-0.05, 0) is 54.8 Å². The maximum Gasteiger partial charge on any atom is 0.238 e. The van der Waals surface area contributed by atoms with Crippen LogP contribution >= 0.6 is 0 Å². The number of nitrogens with two attached hydrogens (primary N) is 1. The highest BCUT2D eigenvalue weighted by Crippen LogP contribution is 2.28. The Morgan fingerprint density at radius 1 is 1.10 bits per heavy atom. The molecule has 0 aliphatic carbocycles. The number of carbonyl (C=O) groups is 1. The largest absolute Gasteiger partial charge is 0.338 e. The fraction of sp³-hybridized carbons (Fsp3) is 0.150. The molecular weight excluding hydrogens is 423 g/mol. The minimum Gasteiger partial charge on any atom is -0.338 e. The van der Waals surface area contributed by atoms with Gasteiger partial charge in [-0.25, -0.2) is 22.9 Å². The lowest BCUT2D eigenvalue weighted by Crippen LogP contribution is -2.18. The van der Waals surface area contributed by atoms with Crippen molar-refractivity contribution >= 4 is 44.8 Å². The van der Waals surface area contributed by atoms with Gasteiger partial charge in [0.1, 0.15) is 0 Å². The van der Waals surface area contributed by atoms with Crippen molar-refractivity contribution in [3.05, 3.63) is 59.5 Å². The molecule has 0 unspecified atom stereocenters. The highest BCUT2D eigenvalue weighted by molar-refractivity contribution is 7.89. The van der Waals surface area contributed by atoms with Gasteiger partial charge in [-0.3, -0.25) is 4.79 Å². The molecule has 0 spiro atoms. The van der Waals surface area contributed by atoms with Crippen molar-refractivity contribution in [1.29, 1.82) is 0 Å². The topological polar surface area (TPSA) is 139 Å². The number of rotatable bonds is 5. The Morgan fingerprint density at radius 3 is 2.61 bits per heavy atom. The van der Waals surface area contributed by atoms with Crippen LogP contribution in [-0.2, 0) is 21.2 Å². The van der Waals surface area contributed by atoms with Gasteiger partial charge in [-0.2, -0.15) is 4.98 Å². The third kappa shape index (κ3) is 4.62. The number of fused-ring (bicyclic) bond motifs is 1. The van der Waals surface area contributed by atoms with Gasteiger partial charge in [0.05, 0.1) is 11.1 Å². The summed E-state index contributed by atoms with van der Waals surface area (Å²) >= 11 is 0. The van der Waals surface area contributed by atoms with Crippen molar-refractivity contribution in [3.63, 3.8) is 0 Å². The van der Waals surface area contributed by atoms with Crippen LogP contribution in [0, 0.1) is 12.7 Å². The summed E-state index contributed by atoms with van der Waals surface area (Å²) in [5.74, 6) is -0.687. The fourth-order valence-electron chi connectivity index (χ4n) is 3.23. The quantitative estimate of drug-likeness (QED) is 0.476. The number of hydrogen-bond acceptors (Lipinski definition) is 7. The molecule has 1 aliphatic heterocycles. The Kier molecular flexibility index (Phi) is 5.29. The molecular formula is C20H19FN6O3S. The van der Waals surface area contributed by atoms with E-state index in [9.17, 15) is 17.6 Å². The zero-order chi connectivity index (χ0) is 22.2. The zero-order valence-corrected chi connectivity index (χ0v) is 17.3. The number of sulfonamides is 1. The van der Waals surface area contributed by atoms with E-state index in [4.69, 9.17) is 5.14 Å². The summed E-state index contributed by atoms with van der Waals surface area (Å²) in [6.07, 6.45) is 1.99. The molecule has 0 radical (unpaired) electrons. The molecule has 4 rings (SSSR count). The Balaban J connectivity index is 1.58. The molecule has 1 aliphatic rings. The van der Waals surface area contributed by atoms with Gasteiger partial charge >= 0.3 is 0 Å². The second-order valence-electron chi connectivity index (χ2n) is 7.09. The molecule has 11 heteroatoms. The van der Waals surface area contributed by atoms with Gasteiger partial charge in [0.2, 0.25) is 21.9 Å². The van der Waals surface area contributed by atoms with E-state index in [0.717, 1.165) is 17.4 Å². The molecule has 5 N–H and O–H groups in total. The van der Waals surface area contributed by atoms with E-state index in [1.165, 1.54) is 6.07 Å². The number of aryl methyl sites for hydroxylation is 2. The lowest BCUT2D eigenvalue weighted by molar-refractivity contribution is -0.116. The zero-order valence-electron chi connectivity index (χ0n) is 16.4. The van der Waals surface area contributed by atoms with E-state index in [0.29, 0.717) is 29.8 Å². The summed E-state index contributed by atoms with van der Waals surface area (Å²) < 4.78 is 37.7. The molecule has 3 aromatic rings. The van der Waals surface area contributed by atoms with Crippen molar-refractivity contribution in [2.45, 2.75) is 24.7 Å². The van der Waals surface area contributed by atoms with E-state index < -0.39 is 15.8 Å². The van der Waals surface area contributed by atoms with Crippen molar-refractivity contribution in [1.82, 2.24) is 9.97 Å². The molecule has 0 saturated heterocycles. The lowest BCUT2D eigenvalue weighted by atomic mass is 10.0. The molecule has 0 atom stereocenters. The van der Waals surface area contributed by atoms with Gasteiger partial charge in [-0.15, -0.1) is 0 Å². The summed E-state index contributed by atoms with van der Waals surface area (Å²) in [5, 5.41) is 13.8. The predicted octanol–water partition coefficient (Wildman–Crippen LogP) is 2.94. The lowest BCUT2D eigenvalue weighted by Gasteiger charge is -2.18. The van der Waals surface area contributed by atoms with Crippen molar-refractivity contribution < 1.29 is 17.6 Å². The number of anilines is 5. The molecule has 0 fully saturated rings. The number of hydrogen-bond donors (Lipinski definition) is 4. The van der Waals surface area contributed by atoms with Crippen molar-refractivity contribution in [2.24, 2.45) is 5.14 Å². The average molecular weight is 442 g/mol. The Morgan fingerprint density at radius 2 is 1.84 bits per heavy atom. The second-order valence-corrected chi connectivity index (χ2v) is 8.62. The normalized spacial score (nSPS) is 13.3. The van der Waals surface area contributed by atoms with Crippen LogP contribution in [0.1, 0.15) is 17.5 Å². The van der Waals surface area contributed by atoms with Gasteiger partial charge in [0.25, 0.3) is 0 Å². The Labute approximate surface area is 178 Å². The number of primary sulfonamides is 1. The van der Waals surface area contributed by atoms with Crippen LogP contribution in [0.15, 0.2) is 47.5 Å². The highest BCUT2D eigenvalue weighted by Gasteiger charge is 2.16. The van der Waals surface area contributed by atoms with E-state index >= 15 is 0 Å². The van der Waals surface area contributed by atoms with Crippen LogP contribution in [0.25, 0.3) is 0 Å². The third-order valence-electron chi connectivity index (χ3n) is 4.76. The van der Waals surface area contributed by atoms with Crippen LogP contribution in [0.4, 0.5) is 33.2 Å². The number of benzene rings is 2. The van der Waals surface area contributed by atoms with E-state index in [2.05, 4.69) is 25.9 Å². The molecule has 0 bridgehead atoms. The van der Waals surface area contributed by atoms with E-state index in [-0.39, 0.29) is 22.6 Å². The monoisotopic (exact) mass is 442 g/mol. The number of nitrogens with zero attached hydrogens (tertiary/aromatic N) is 2. The summed E-state index contributed by atoms with van der Waals surface area (Å²) in [7, 11) is -3.89. The SMILES string of the molecule is Cc1ccc(Nc2ncc(F)c(Nc3ccc4c(c3)CCC(=O)N4)n2)cc1S(N)(=O)=O. The minimum absolute atomic E-state index is 0.0286. The first kappa shape index (κ1) is 20.7. The Bertz CT molecular complexity index is 1300. The number of nitrogens with one attached hydrogen (secondary N) is 3. The maximum absolute atomic E-state index is 14.3. The van der Waals surface area contributed by atoms with Crippen LogP contribution in [-0.4, -0.2) is 24.3 Å². The molecule has 1 amide bonds. The molecule has 2 aromatic carbocycles. The van der Waals surface area contributed by atoms with E-state index in [1.54, 1.807) is 31.2 Å². The van der Waals surface area contributed by atoms with E-state index in [1.807, 2.05) is 6.07 Å². The third-order valence-corrected chi connectivity index (χ3v) is 5.81. The molecule has 1 aromatic heterocycles. The smallest absolute Gasteiger partial charge is 0.238 e. The highest BCUT2D eigenvalue weighted by atomic mass is 32.2. The van der Waals surface area contributed by atoms with Gasteiger partial charge < -0.3 is 16.0 Å². The second kappa shape index (κ2) is 7.93. The van der Waals surface area contributed by atoms with Crippen LogP contribution in [0.2, 0.25) is 0 Å². The Hall–Kier alpha value is -3.57. The van der Waals surface area contributed by atoms with Crippen molar-refractivity contribution in [3.8, 4) is 0 Å². The van der Waals surface area contributed by atoms with Crippen LogP contribution in [0.5, 0.6) is 0 Å². The standard InChI is InChI=1S/C20H19FN6O3S/c1-11-2-4-14(9-17(11)31(22,29)30)25-20-23-10-15(21)19(27-20)24-13-5-6-16-12(8-13)3-7-18(28)26-16/h2,4-6,8-10H,3,7H2,1H3,(H,26,28)(H2,22,29,30)(H2,23,24,25,27). The van der Waals surface area contributed by atoms with Gasteiger partial charge in [-0.1, -0.05) is 6.07 Å². The van der Waals surface area contributed by atoms with Gasteiger partial charge in [0, 0.05) is 23.5 Å². The first-order valence-corrected chi connectivity index (χ1v) is 10.9. The van der Waals surface area contributed by atoms with Gasteiger partial charge in [0.15, 0.2) is 11.6 Å². The first-order valence-electron chi connectivity index (χ1n) is 9.32. The number of amides is 1. The minimum atomic E-state index is -3.89. The average Bonchev–Trinajstić information content (AvgIpc) is 2.71. The van der Waals surface area contributed by atoms with Crippen LogP contribution in [0.3, 0.4) is 0 Å².